The molecule has 0 spiro atoms. The Morgan fingerprint density at radius 1 is 1.48 bits per heavy atom. The third-order valence-corrected chi connectivity index (χ3v) is 4.47. The van der Waals surface area contributed by atoms with Crippen LogP contribution in [0.25, 0.3) is 0 Å². The van der Waals surface area contributed by atoms with E-state index in [1.807, 2.05) is 11.9 Å². The van der Waals surface area contributed by atoms with Crippen LogP contribution >= 0.6 is 23.2 Å². The van der Waals surface area contributed by atoms with E-state index in [9.17, 15) is 4.79 Å². The van der Waals surface area contributed by atoms with Crippen molar-refractivity contribution in [3.8, 4) is 5.75 Å². The highest BCUT2D eigenvalue weighted by atomic mass is 35.5. The highest BCUT2D eigenvalue weighted by molar-refractivity contribution is 6.42. The van der Waals surface area contributed by atoms with E-state index in [4.69, 9.17) is 27.9 Å². The van der Waals surface area contributed by atoms with Crippen molar-refractivity contribution in [2.45, 2.75) is 25.3 Å². The largest absolute Gasteiger partial charge is 0.491 e. The van der Waals surface area contributed by atoms with Crippen molar-refractivity contribution in [1.82, 2.24) is 10.2 Å². The molecule has 0 saturated carbocycles. The van der Waals surface area contributed by atoms with E-state index in [2.05, 4.69) is 5.32 Å². The molecule has 1 fully saturated rings. The number of amides is 1. The predicted octanol–water partition coefficient (Wildman–Crippen LogP) is 2.97. The molecule has 1 N–H and O–H groups in total. The molecule has 1 aromatic carbocycles. The summed E-state index contributed by atoms with van der Waals surface area (Å²) in [5.74, 6) is 0.636. The quantitative estimate of drug-likeness (QED) is 0.902. The first-order chi connectivity index (χ1) is 10.1. The molecule has 1 amide bonds. The number of likely N-dealkylation sites (N-methyl/N-ethyl adjacent to an activating group) is 1. The normalized spacial score (nSPS) is 18.6. The number of halogens is 2. The topological polar surface area (TPSA) is 41.6 Å². The Kier molecular flexibility index (Phi) is 6.15. The van der Waals surface area contributed by atoms with Crippen molar-refractivity contribution in [3.05, 3.63) is 28.2 Å². The van der Waals surface area contributed by atoms with Gasteiger partial charge in [-0.15, -0.1) is 0 Å². The summed E-state index contributed by atoms with van der Waals surface area (Å²) in [5.41, 5.74) is 0. The average molecular weight is 331 g/mol. The van der Waals surface area contributed by atoms with Crippen LogP contribution < -0.4 is 10.1 Å². The number of carbonyl (C=O) groups is 1. The lowest BCUT2D eigenvalue weighted by Gasteiger charge is -2.32. The predicted molar refractivity (Wildman–Crippen MR) is 85.2 cm³/mol. The number of carbonyl (C=O) groups excluding carboxylic acids is 1. The molecule has 0 aromatic heterocycles. The van der Waals surface area contributed by atoms with Gasteiger partial charge in [0.15, 0.2) is 0 Å². The van der Waals surface area contributed by atoms with Crippen molar-refractivity contribution in [1.29, 1.82) is 0 Å². The molecule has 6 heteroatoms. The van der Waals surface area contributed by atoms with Crippen molar-refractivity contribution in [2.24, 2.45) is 0 Å². The van der Waals surface area contributed by atoms with Gasteiger partial charge in [-0.05, 0) is 32.0 Å². The Bertz CT molecular complexity index is 497. The highest BCUT2D eigenvalue weighted by Gasteiger charge is 2.22. The first-order valence-corrected chi connectivity index (χ1v) is 7.89. The zero-order chi connectivity index (χ0) is 15.2. The van der Waals surface area contributed by atoms with E-state index >= 15 is 0 Å². The molecule has 2 rings (SSSR count). The fourth-order valence-electron chi connectivity index (χ4n) is 2.44. The van der Waals surface area contributed by atoms with Crippen molar-refractivity contribution in [2.75, 3.05) is 26.7 Å². The van der Waals surface area contributed by atoms with Gasteiger partial charge in [0.25, 0.3) is 0 Å². The number of hydrogen-bond acceptors (Lipinski definition) is 3. The van der Waals surface area contributed by atoms with Gasteiger partial charge >= 0.3 is 0 Å². The van der Waals surface area contributed by atoms with Gasteiger partial charge in [-0.2, -0.15) is 0 Å². The monoisotopic (exact) mass is 330 g/mol. The molecule has 4 nitrogen and oxygen atoms in total. The minimum absolute atomic E-state index is 0.119. The van der Waals surface area contributed by atoms with Gasteiger partial charge in [0, 0.05) is 19.1 Å². The van der Waals surface area contributed by atoms with Crippen molar-refractivity contribution in [3.63, 3.8) is 0 Å². The van der Waals surface area contributed by atoms with E-state index in [1.54, 1.807) is 18.2 Å². The van der Waals surface area contributed by atoms with Crippen LogP contribution in [-0.4, -0.2) is 43.6 Å². The van der Waals surface area contributed by atoms with Crippen LogP contribution in [0.4, 0.5) is 0 Å². The summed E-state index contributed by atoms with van der Waals surface area (Å²) in [6, 6.07) is 5.61. The van der Waals surface area contributed by atoms with Crippen molar-refractivity contribution >= 4 is 29.1 Å². The molecule has 0 radical (unpaired) electrons. The highest BCUT2D eigenvalue weighted by Crippen LogP contribution is 2.31. The molecular weight excluding hydrogens is 311 g/mol. The van der Waals surface area contributed by atoms with Gasteiger partial charge < -0.3 is 15.0 Å². The summed E-state index contributed by atoms with van der Waals surface area (Å²) >= 11 is 11.9. The van der Waals surface area contributed by atoms with E-state index in [0.717, 1.165) is 25.9 Å². The smallest absolute Gasteiger partial charge is 0.226 e. The van der Waals surface area contributed by atoms with Crippen LogP contribution in [0, 0.1) is 0 Å². The standard InChI is InChI=1S/C15H20Cl2N2O2/c1-18-11-4-3-8-19(10-11)14(20)7-9-21-13-6-2-5-12(16)15(13)17/h2,5-6,11,18H,3-4,7-10H2,1H3. The summed E-state index contributed by atoms with van der Waals surface area (Å²) in [5, 5.41) is 4.07. The molecule has 1 saturated heterocycles. The molecule has 1 aliphatic heterocycles. The summed E-state index contributed by atoms with van der Waals surface area (Å²) in [4.78, 5) is 14.1. The minimum atomic E-state index is 0.119. The molecule has 1 atom stereocenters. The van der Waals surface area contributed by atoms with Crippen LogP contribution in [0.2, 0.25) is 10.0 Å². The van der Waals surface area contributed by atoms with E-state index < -0.39 is 0 Å². The molecule has 0 bridgehead atoms. The van der Waals surface area contributed by atoms with Crippen LogP contribution in [0.3, 0.4) is 0 Å². The molecule has 21 heavy (non-hydrogen) atoms. The fraction of sp³-hybridized carbons (Fsp3) is 0.533. The number of rotatable bonds is 5. The molecular formula is C15H20Cl2N2O2. The second-order valence-electron chi connectivity index (χ2n) is 5.12. The van der Waals surface area contributed by atoms with Gasteiger partial charge in [0.2, 0.25) is 5.91 Å². The third-order valence-electron chi connectivity index (χ3n) is 3.67. The summed E-state index contributed by atoms with van der Waals surface area (Å²) in [6.45, 7) is 1.90. The summed E-state index contributed by atoms with van der Waals surface area (Å²) < 4.78 is 5.55. The molecule has 0 aliphatic carbocycles. The first kappa shape index (κ1) is 16.4. The lowest BCUT2D eigenvalue weighted by molar-refractivity contribution is -0.133. The Labute approximate surface area is 135 Å². The summed E-state index contributed by atoms with van der Waals surface area (Å²) in [6.07, 6.45) is 2.51. The second-order valence-corrected chi connectivity index (χ2v) is 5.90. The maximum Gasteiger partial charge on any atom is 0.226 e. The molecule has 1 heterocycles. The van der Waals surface area contributed by atoms with Gasteiger partial charge in [0.1, 0.15) is 10.8 Å². The molecule has 1 aromatic rings. The number of hydrogen-bond donors (Lipinski definition) is 1. The van der Waals surface area contributed by atoms with Gasteiger partial charge in [-0.25, -0.2) is 0 Å². The van der Waals surface area contributed by atoms with Crippen LogP contribution in [0.15, 0.2) is 18.2 Å². The maximum atomic E-state index is 12.2. The third kappa shape index (κ3) is 4.50. The Morgan fingerprint density at radius 2 is 2.29 bits per heavy atom. The van der Waals surface area contributed by atoms with Gasteiger partial charge in [-0.1, -0.05) is 29.3 Å². The average Bonchev–Trinajstić information content (AvgIpc) is 2.51. The number of nitrogens with zero attached hydrogens (tertiary/aromatic N) is 1. The van der Waals surface area contributed by atoms with Crippen molar-refractivity contribution < 1.29 is 9.53 Å². The SMILES string of the molecule is CNC1CCCN(C(=O)CCOc2cccc(Cl)c2Cl)C1. The van der Waals surface area contributed by atoms with Crippen LogP contribution in [-0.2, 0) is 4.79 Å². The number of nitrogens with one attached hydrogen (secondary N) is 1. The molecule has 1 unspecified atom stereocenters. The summed E-state index contributed by atoms with van der Waals surface area (Å²) in [7, 11) is 1.93. The fourth-order valence-corrected chi connectivity index (χ4v) is 2.79. The second kappa shape index (κ2) is 7.87. The number of ether oxygens (including phenoxy) is 1. The zero-order valence-electron chi connectivity index (χ0n) is 12.1. The van der Waals surface area contributed by atoms with Crippen LogP contribution in [0.1, 0.15) is 19.3 Å². The Balaban J connectivity index is 1.80. The maximum absolute atomic E-state index is 12.2. The van der Waals surface area contributed by atoms with Gasteiger partial charge in [-0.3, -0.25) is 4.79 Å². The van der Waals surface area contributed by atoms with Crippen LogP contribution in [0.5, 0.6) is 5.75 Å². The lowest BCUT2D eigenvalue weighted by atomic mass is 10.1. The molecule has 1 aliphatic rings. The lowest BCUT2D eigenvalue weighted by Crippen LogP contribution is -2.47. The minimum Gasteiger partial charge on any atom is -0.491 e. The Hall–Kier alpha value is -0.970. The number of piperidine rings is 1. The molecule has 116 valence electrons. The Morgan fingerprint density at radius 3 is 3.05 bits per heavy atom. The van der Waals surface area contributed by atoms with Gasteiger partial charge in [0.05, 0.1) is 18.1 Å². The first-order valence-electron chi connectivity index (χ1n) is 7.13. The number of benzene rings is 1. The van der Waals surface area contributed by atoms with E-state index in [1.165, 1.54) is 0 Å². The zero-order valence-corrected chi connectivity index (χ0v) is 13.6. The van der Waals surface area contributed by atoms with E-state index in [0.29, 0.717) is 34.9 Å². The van der Waals surface area contributed by atoms with E-state index in [-0.39, 0.29) is 5.91 Å². The number of likely N-dealkylation sites (tertiary alicyclic amines) is 1.